The standard InChI is InChI=1S/C24H24ClF5N4O2S/c1-12-9-31-3-4-33(12)22-15-5-13(24(28,29)30)6-20-21(15)34(23(35)32-22)10-14(36-2)11-37(20)19-7-16(25)17(26)8-18(19)27/h5-8,12,14,31,37H,3-4,9-11H2,1-2H3/t12-,14?/m0/s1. The summed E-state index contributed by atoms with van der Waals surface area (Å²) < 4.78 is 78.5. The Morgan fingerprint density at radius 1 is 1.16 bits per heavy atom. The molecule has 2 aliphatic rings. The van der Waals surface area contributed by atoms with Gasteiger partial charge in [-0.3, -0.25) is 4.57 Å². The first-order chi connectivity index (χ1) is 17.5. The molecule has 0 radical (unpaired) electrons. The number of nitrogens with zero attached hydrogens (tertiary/aromatic N) is 3. The largest absolute Gasteiger partial charge is 0.416 e. The number of hydrogen-bond donors (Lipinski definition) is 2. The monoisotopic (exact) mass is 562 g/mol. The number of rotatable bonds is 3. The van der Waals surface area contributed by atoms with Crippen LogP contribution in [-0.2, 0) is 17.5 Å². The molecule has 6 nitrogen and oxygen atoms in total. The molecule has 5 rings (SSSR count). The Kier molecular flexibility index (Phi) is 6.88. The smallest absolute Gasteiger partial charge is 0.379 e. The lowest BCUT2D eigenvalue weighted by atomic mass is 10.1. The van der Waals surface area contributed by atoms with Gasteiger partial charge >= 0.3 is 11.9 Å². The first kappa shape index (κ1) is 26.2. The van der Waals surface area contributed by atoms with Gasteiger partial charge in [0.05, 0.1) is 28.8 Å². The number of methoxy groups -OCH3 is 1. The summed E-state index contributed by atoms with van der Waals surface area (Å²) in [6.07, 6.45) is -5.35. The van der Waals surface area contributed by atoms with Gasteiger partial charge in [0.2, 0.25) is 0 Å². The second kappa shape index (κ2) is 9.72. The number of benzene rings is 2. The molecule has 0 saturated carbocycles. The number of anilines is 1. The van der Waals surface area contributed by atoms with Crippen LogP contribution in [0.4, 0.5) is 27.8 Å². The number of aromatic nitrogens is 2. The number of piperazine rings is 1. The van der Waals surface area contributed by atoms with E-state index in [1.54, 1.807) is 0 Å². The third-order valence-electron chi connectivity index (χ3n) is 6.81. The Balaban J connectivity index is 1.89. The van der Waals surface area contributed by atoms with Crippen molar-refractivity contribution in [2.24, 2.45) is 0 Å². The van der Waals surface area contributed by atoms with Gasteiger partial charge in [-0.15, -0.1) is 0 Å². The molecule has 200 valence electrons. The number of halogens is 6. The van der Waals surface area contributed by atoms with Crippen LogP contribution in [0.1, 0.15) is 12.5 Å². The van der Waals surface area contributed by atoms with Gasteiger partial charge in [-0.25, -0.2) is 13.6 Å². The highest BCUT2D eigenvalue weighted by Gasteiger charge is 2.36. The van der Waals surface area contributed by atoms with Crippen molar-refractivity contribution in [1.82, 2.24) is 14.9 Å². The zero-order valence-electron chi connectivity index (χ0n) is 19.9. The van der Waals surface area contributed by atoms with E-state index in [0.29, 0.717) is 25.7 Å². The van der Waals surface area contributed by atoms with Crippen LogP contribution < -0.4 is 15.9 Å². The van der Waals surface area contributed by atoms with Crippen LogP contribution in [0.5, 0.6) is 0 Å². The Hall–Kier alpha value is -2.41. The molecule has 2 aliphatic heterocycles. The van der Waals surface area contributed by atoms with Crippen LogP contribution in [0.15, 0.2) is 38.9 Å². The molecule has 1 saturated heterocycles. The van der Waals surface area contributed by atoms with E-state index >= 15 is 4.39 Å². The zero-order valence-corrected chi connectivity index (χ0v) is 21.5. The molecule has 37 heavy (non-hydrogen) atoms. The molecule has 1 N–H and O–H groups in total. The van der Waals surface area contributed by atoms with Gasteiger partial charge in [0, 0.05) is 59.8 Å². The minimum Gasteiger partial charge on any atom is -0.379 e. The summed E-state index contributed by atoms with van der Waals surface area (Å²) in [4.78, 5) is 19.5. The summed E-state index contributed by atoms with van der Waals surface area (Å²) in [7, 11) is -0.467. The van der Waals surface area contributed by atoms with Crippen molar-refractivity contribution in [3.8, 4) is 0 Å². The van der Waals surface area contributed by atoms with Crippen LogP contribution in [0.25, 0.3) is 10.9 Å². The predicted molar refractivity (Wildman–Crippen MR) is 133 cm³/mol. The Morgan fingerprint density at radius 3 is 2.59 bits per heavy atom. The van der Waals surface area contributed by atoms with Crippen molar-refractivity contribution in [3.63, 3.8) is 0 Å². The first-order valence-corrected chi connectivity index (χ1v) is 13.5. The highest BCUT2D eigenvalue weighted by molar-refractivity contribution is 8.17. The van der Waals surface area contributed by atoms with E-state index in [2.05, 4.69) is 10.3 Å². The average Bonchev–Trinajstić information content (AvgIpc) is 3.01. The Labute approximate surface area is 216 Å². The van der Waals surface area contributed by atoms with Gasteiger partial charge in [0.15, 0.2) is 0 Å². The molecule has 1 fully saturated rings. The normalized spacial score (nSPS) is 23.4. The lowest BCUT2D eigenvalue weighted by Crippen LogP contribution is -2.51. The van der Waals surface area contributed by atoms with E-state index < -0.39 is 46.1 Å². The van der Waals surface area contributed by atoms with E-state index in [1.807, 2.05) is 11.8 Å². The number of nitrogens with one attached hydrogen (secondary N) is 1. The summed E-state index contributed by atoms with van der Waals surface area (Å²) in [6, 6.07) is 3.57. The number of ether oxygens (including phenoxy) is 1. The summed E-state index contributed by atoms with van der Waals surface area (Å²) in [5, 5.41) is 3.02. The molecule has 0 aliphatic carbocycles. The molecule has 2 unspecified atom stereocenters. The molecule has 13 heteroatoms. The van der Waals surface area contributed by atoms with Crippen LogP contribution in [0.3, 0.4) is 0 Å². The minimum absolute atomic E-state index is 0.0149. The third kappa shape index (κ3) is 4.68. The van der Waals surface area contributed by atoms with Crippen molar-refractivity contribution in [2.75, 3.05) is 37.4 Å². The van der Waals surface area contributed by atoms with Gasteiger partial charge in [0.25, 0.3) is 0 Å². The fraction of sp³-hybridized carbons (Fsp3) is 0.417. The van der Waals surface area contributed by atoms with Crippen molar-refractivity contribution >= 4 is 39.2 Å². The van der Waals surface area contributed by atoms with Gasteiger partial charge in [-0.1, -0.05) is 11.6 Å². The van der Waals surface area contributed by atoms with Crippen molar-refractivity contribution in [1.29, 1.82) is 0 Å². The van der Waals surface area contributed by atoms with Crippen LogP contribution in [0.2, 0.25) is 5.02 Å². The first-order valence-electron chi connectivity index (χ1n) is 11.6. The van der Waals surface area contributed by atoms with Crippen molar-refractivity contribution in [2.45, 2.75) is 41.6 Å². The molecule has 2 aromatic carbocycles. The molecule has 3 aromatic rings. The van der Waals surface area contributed by atoms with Gasteiger partial charge < -0.3 is 15.0 Å². The third-order valence-corrected chi connectivity index (χ3v) is 9.72. The maximum Gasteiger partial charge on any atom is 0.416 e. The van der Waals surface area contributed by atoms with Crippen molar-refractivity contribution < 1.29 is 26.7 Å². The molecular weight excluding hydrogens is 539 g/mol. The van der Waals surface area contributed by atoms with Gasteiger partial charge in [0.1, 0.15) is 17.5 Å². The molecule has 0 amide bonds. The minimum atomic E-state index is -4.72. The average molecular weight is 563 g/mol. The van der Waals surface area contributed by atoms with E-state index in [4.69, 9.17) is 16.3 Å². The maximum atomic E-state index is 15.1. The SMILES string of the molecule is COC1Cn2c(=O)nc(N3CCNC[C@@H]3C)c3cc(C(F)(F)F)cc(c32)[SH](c2cc(Cl)c(F)cc2F)C1. The topological polar surface area (TPSA) is 59.4 Å². The predicted octanol–water partition coefficient (Wildman–Crippen LogP) is 4.59. The van der Waals surface area contributed by atoms with Crippen LogP contribution >= 0.6 is 22.5 Å². The summed E-state index contributed by atoms with van der Waals surface area (Å²) in [5.74, 6) is -1.64. The molecular formula is C24H24ClF5N4O2S. The Bertz CT molecular complexity index is 1430. The maximum absolute atomic E-state index is 15.1. The van der Waals surface area contributed by atoms with Gasteiger partial charge in [-0.2, -0.15) is 29.1 Å². The zero-order chi connectivity index (χ0) is 26.6. The Morgan fingerprint density at radius 2 is 1.92 bits per heavy atom. The fourth-order valence-electron chi connectivity index (χ4n) is 4.95. The highest BCUT2D eigenvalue weighted by atomic mass is 35.5. The highest BCUT2D eigenvalue weighted by Crippen LogP contribution is 2.53. The lowest BCUT2D eigenvalue weighted by molar-refractivity contribution is -0.137. The van der Waals surface area contributed by atoms with E-state index in [-0.39, 0.29) is 49.9 Å². The van der Waals surface area contributed by atoms with E-state index in [9.17, 15) is 22.4 Å². The lowest BCUT2D eigenvalue weighted by Gasteiger charge is -2.36. The summed E-state index contributed by atoms with van der Waals surface area (Å²) in [6.45, 7) is 3.48. The van der Waals surface area contributed by atoms with Crippen LogP contribution in [-0.4, -0.2) is 54.2 Å². The summed E-state index contributed by atoms with van der Waals surface area (Å²) >= 11 is 5.97. The fourth-order valence-corrected chi connectivity index (χ4v) is 7.92. The molecule has 1 aromatic heterocycles. The van der Waals surface area contributed by atoms with E-state index in [1.165, 1.54) is 11.7 Å². The molecule has 0 spiro atoms. The van der Waals surface area contributed by atoms with E-state index in [0.717, 1.165) is 18.2 Å². The van der Waals surface area contributed by atoms with Crippen LogP contribution in [0, 0.1) is 11.6 Å². The number of alkyl halides is 3. The second-order valence-electron chi connectivity index (χ2n) is 9.15. The van der Waals surface area contributed by atoms with Crippen molar-refractivity contribution in [3.05, 3.63) is 57.0 Å². The molecule has 3 heterocycles. The number of thiol groups is 1. The number of hydrogen-bond acceptors (Lipinski definition) is 5. The molecule has 0 bridgehead atoms. The van der Waals surface area contributed by atoms with Gasteiger partial charge in [-0.05, 0) is 25.1 Å². The molecule has 3 atom stereocenters. The quantitative estimate of drug-likeness (QED) is 0.278. The summed E-state index contributed by atoms with van der Waals surface area (Å²) in [5.41, 5.74) is -1.33. The second-order valence-corrected chi connectivity index (χ2v) is 11.7.